The van der Waals surface area contributed by atoms with Crippen molar-refractivity contribution in [2.24, 2.45) is 0 Å². The van der Waals surface area contributed by atoms with Crippen LogP contribution in [0, 0.1) is 0 Å². The highest BCUT2D eigenvalue weighted by molar-refractivity contribution is 5.56. The molecule has 1 aliphatic rings. The molecule has 116 valence electrons. The SMILES string of the molecule is FC(F)(F)c1ccc(Nc2cnnc(N3CCCC3)n2)cc1. The van der Waals surface area contributed by atoms with Gasteiger partial charge in [-0.3, -0.25) is 0 Å². The third-order valence-electron chi connectivity index (χ3n) is 3.42. The lowest BCUT2D eigenvalue weighted by Crippen LogP contribution is -2.21. The molecular weight excluding hydrogens is 295 g/mol. The number of alkyl halides is 3. The van der Waals surface area contributed by atoms with Gasteiger partial charge in [-0.25, -0.2) is 0 Å². The molecule has 0 atom stereocenters. The number of benzene rings is 1. The summed E-state index contributed by atoms with van der Waals surface area (Å²) in [5.74, 6) is 0.992. The second-order valence-electron chi connectivity index (χ2n) is 5.04. The molecule has 8 heteroatoms. The molecule has 1 aromatic carbocycles. The number of hydrogen-bond donors (Lipinski definition) is 1. The lowest BCUT2D eigenvalue weighted by atomic mass is 10.2. The van der Waals surface area contributed by atoms with Crippen molar-refractivity contribution in [3.05, 3.63) is 36.0 Å². The number of nitrogens with zero attached hydrogens (tertiary/aromatic N) is 4. The molecule has 1 aliphatic heterocycles. The Bertz CT molecular complexity index is 636. The molecule has 0 bridgehead atoms. The molecule has 22 heavy (non-hydrogen) atoms. The second-order valence-corrected chi connectivity index (χ2v) is 5.04. The van der Waals surface area contributed by atoms with Gasteiger partial charge in [0, 0.05) is 18.8 Å². The number of anilines is 3. The summed E-state index contributed by atoms with van der Waals surface area (Å²) in [5, 5.41) is 10.8. The van der Waals surface area contributed by atoms with E-state index in [0.29, 0.717) is 17.5 Å². The van der Waals surface area contributed by atoms with Crippen LogP contribution in [0.2, 0.25) is 0 Å². The lowest BCUT2D eigenvalue weighted by Gasteiger charge is -2.15. The molecule has 0 radical (unpaired) electrons. The molecule has 5 nitrogen and oxygen atoms in total. The van der Waals surface area contributed by atoms with E-state index in [1.165, 1.54) is 18.3 Å². The number of aromatic nitrogens is 3. The Kier molecular flexibility index (Phi) is 3.82. The van der Waals surface area contributed by atoms with E-state index in [1.807, 2.05) is 4.90 Å². The van der Waals surface area contributed by atoms with Crippen molar-refractivity contribution in [2.45, 2.75) is 19.0 Å². The van der Waals surface area contributed by atoms with E-state index in [9.17, 15) is 13.2 Å². The van der Waals surface area contributed by atoms with Crippen LogP contribution in [0.5, 0.6) is 0 Å². The van der Waals surface area contributed by atoms with Gasteiger partial charge in [-0.05, 0) is 37.1 Å². The quantitative estimate of drug-likeness (QED) is 0.943. The van der Waals surface area contributed by atoms with Crippen LogP contribution in [0.25, 0.3) is 0 Å². The van der Waals surface area contributed by atoms with Crippen LogP contribution >= 0.6 is 0 Å². The van der Waals surface area contributed by atoms with Crippen LogP contribution in [0.3, 0.4) is 0 Å². The minimum Gasteiger partial charge on any atom is -0.339 e. The topological polar surface area (TPSA) is 53.9 Å². The van der Waals surface area contributed by atoms with E-state index in [1.54, 1.807) is 0 Å². The van der Waals surface area contributed by atoms with Crippen molar-refractivity contribution < 1.29 is 13.2 Å². The molecule has 2 aromatic rings. The molecule has 2 heterocycles. The Morgan fingerprint density at radius 1 is 1.05 bits per heavy atom. The summed E-state index contributed by atoms with van der Waals surface area (Å²) >= 11 is 0. The van der Waals surface area contributed by atoms with Crippen LogP contribution in [0.4, 0.5) is 30.6 Å². The molecule has 0 unspecified atom stereocenters. The Morgan fingerprint density at radius 3 is 2.36 bits per heavy atom. The van der Waals surface area contributed by atoms with E-state index in [-0.39, 0.29) is 0 Å². The van der Waals surface area contributed by atoms with E-state index < -0.39 is 11.7 Å². The third-order valence-corrected chi connectivity index (χ3v) is 3.42. The summed E-state index contributed by atoms with van der Waals surface area (Å²) in [5.41, 5.74) is -0.169. The smallest absolute Gasteiger partial charge is 0.339 e. The zero-order chi connectivity index (χ0) is 15.6. The fourth-order valence-electron chi connectivity index (χ4n) is 2.30. The molecule has 0 spiro atoms. The maximum atomic E-state index is 12.5. The zero-order valence-electron chi connectivity index (χ0n) is 11.6. The van der Waals surface area contributed by atoms with Crippen LogP contribution in [0.15, 0.2) is 30.5 Å². The van der Waals surface area contributed by atoms with Gasteiger partial charge in [-0.2, -0.15) is 23.3 Å². The third kappa shape index (κ3) is 3.26. The van der Waals surface area contributed by atoms with Gasteiger partial charge in [-0.1, -0.05) is 0 Å². The molecule has 1 N–H and O–H groups in total. The Morgan fingerprint density at radius 2 is 1.73 bits per heavy atom. The van der Waals surface area contributed by atoms with Gasteiger partial charge in [0.05, 0.1) is 11.8 Å². The van der Waals surface area contributed by atoms with Crippen molar-refractivity contribution in [1.82, 2.24) is 15.2 Å². The van der Waals surface area contributed by atoms with Crippen molar-refractivity contribution in [3.8, 4) is 0 Å². The van der Waals surface area contributed by atoms with E-state index >= 15 is 0 Å². The summed E-state index contributed by atoms with van der Waals surface area (Å²) in [6, 6.07) is 4.78. The van der Waals surface area contributed by atoms with Crippen LogP contribution < -0.4 is 10.2 Å². The standard InChI is InChI=1S/C14H14F3N5/c15-14(16,17)10-3-5-11(6-4-10)19-12-9-18-21-13(20-12)22-7-1-2-8-22/h3-6,9H,1-2,7-8H2,(H,19,20,21). The van der Waals surface area contributed by atoms with Crippen LogP contribution in [0.1, 0.15) is 18.4 Å². The van der Waals surface area contributed by atoms with Gasteiger partial charge in [0.2, 0.25) is 5.95 Å². The Labute approximate surface area is 125 Å². The van der Waals surface area contributed by atoms with Crippen LogP contribution in [-0.4, -0.2) is 28.3 Å². The van der Waals surface area contributed by atoms with Crippen molar-refractivity contribution in [3.63, 3.8) is 0 Å². The first-order valence-electron chi connectivity index (χ1n) is 6.91. The molecule has 1 aromatic heterocycles. The zero-order valence-corrected chi connectivity index (χ0v) is 11.6. The average Bonchev–Trinajstić information content (AvgIpc) is 3.01. The first-order valence-corrected chi connectivity index (χ1v) is 6.91. The molecule has 0 saturated carbocycles. The number of nitrogens with one attached hydrogen (secondary N) is 1. The van der Waals surface area contributed by atoms with Gasteiger partial charge in [0.25, 0.3) is 0 Å². The minimum atomic E-state index is -4.34. The molecule has 0 amide bonds. The number of hydrogen-bond acceptors (Lipinski definition) is 5. The van der Waals surface area contributed by atoms with Crippen LogP contribution in [-0.2, 0) is 6.18 Å². The molecule has 0 aliphatic carbocycles. The second kappa shape index (κ2) is 5.78. The molecule has 3 rings (SSSR count). The maximum Gasteiger partial charge on any atom is 0.416 e. The Hall–Kier alpha value is -2.38. The highest BCUT2D eigenvalue weighted by Crippen LogP contribution is 2.30. The van der Waals surface area contributed by atoms with Gasteiger partial charge in [0.1, 0.15) is 0 Å². The summed E-state index contributed by atoms with van der Waals surface area (Å²) < 4.78 is 37.5. The fourth-order valence-corrected chi connectivity index (χ4v) is 2.30. The van der Waals surface area contributed by atoms with Gasteiger partial charge < -0.3 is 10.2 Å². The summed E-state index contributed by atoms with van der Waals surface area (Å²) in [6.07, 6.45) is -0.699. The van der Waals surface area contributed by atoms with E-state index in [0.717, 1.165) is 38.1 Å². The molecule has 1 saturated heterocycles. The molecular formula is C14H14F3N5. The predicted octanol–water partition coefficient (Wildman–Crippen LogP) is 3.23. The average molecular weight is 309 g/mol. The monoisotopic (exact) mass is 309 g/mol. The minimum absolute atomic E-state index is 0.455. The van der Waals surface area contributed by atoms with Crippen molar-refractivity contribution in [2.75, 3.05) is 23.3 Å². The fraction of sp³-hybridized carbons (Fsp3) is 0.357. The molecule has 1 fully saturated rings. The van der Waals surface area contributed by atoms with Crippen molar-refractivity contribution >= 4 is 17.5 Å². The highest BCUT2D eigenvalue weighted by Gasteiger charge is 2.29. The van der Waals surface area contributed by atoms with E-state index in [4.69, 9.17) is 0 Å². The lowest BCUT2D eigenvalue weighted by molar-refractivity contribution is -0.137. The highest BCUT2D eigenvalue weighted by atomic mass is 19.4. The summed E-state index contributed by atoms with van der Waals surface area (Å²) in [6.45, 7) is 1.79. The van der Waals surface area contributed by atoms with Gasteiger partial charge >= 0.3 is 6.18 Å². The van der Waals surface area contributed by atoms with E-state index in [2.05, 4.69) is 20.5 Å². The van der Waals surface area contributed by atoms with Gasteiger partial charge in [0.15, 0.2) is 5.82 Å². The van der Waals surface area contributed by atoms with Crippen molar-refractivity contribution in [1.29, 1.82) is 0 Å². The summed E-state index contributed by atoms with van der Waals surface area (Å²) in [4.78, 5) is 6.37. The normalized spacial score (nSPS) is 15.1. The number of rotatable bonds is 3. The number of halogens is 3. The maximum absolute atomic E-state index is 12.5. The predicted molar refractivity (Wildman–Crippen MR) is 76.0 cm³/mol. The van der Waals surface area contributed by atoms with Gasteiger partial charge in [-0.15, -0.1) is 5.10 Å². The summed E-state index contributed by atoms with van der Waals surface area (Å²) in [7, 11) is 0. The first kappa shape index (κ1) is 14.6. The first-order chi connectivity index (χ1) is 10.5. The Balaban J connectivity index is 1.74. The largest absolute Gasteiger partial charge is 0.416 e.